The average molecular weight is 524 g/mol. The van der Waals surface area contributed by atoms with Gasteiger partial charge in [0.15, 0.2) is 10.9 Å². The highest BCUT2D eigenvalue weighted by atomic mass is 32.2. The van der Waals surface area contributed by atoms with Crippen LogP contribution in [0, 0.1) is 12.3 Å². The van der Waals surface area contributed by atoms with Gasteiger partial charge in [-0.25, -0.2) is 0 Å². The number of carbonyl (C=O) groups is 2. The molecule has 1 saturated heterocycles. The molecule has 0 saturated carbocycles. The average Bonchev–Trinajstić information content (AvgIpc) is 3.51. The minimum absolute atomic E-state index is 0.0367. The molecule has 1 aliphatic heterocycles. The van der Waals surface area contributed by atoms with E-state index >= 15 is 0 Å². The van der Waals surface area contributed by atoms with Crippen LogP contribution in [0.25, 0.3) is 17.3 Å². The predicted molar refractivity (Wildman–Crippen MR) is 146 cm³/mol. The van der Waals surface area contributed by atoms with Gasteiger partial charge in [-0.2, -0.15) is 0 Å². The predicted octanol–water partition coefficient (Wildman–Crippen LogP) is 5.20. The number of hydrogen-bond acceptors (Lipinski definition) is 6. The van der Waals surface area contributed by atoms with Crippen LogP contribution in [0.5, 0.6) is 0 Å². The Morgan fingerprint density at radius 3 is 2.54 bits per heavy atom. The first kappa shape index (κ1) is 27.0. The minimum Gasteiger partial charge on any atom is -0.461 e. The molecule has 0 aliphatic carbocycles. The third kappa shape index (κ3) is 6.63. The number of para-hydroxylation sites is 1. The van der Waals surface area contributed by atoms with Gasteiger partial charge in [-0.3, -0.25) is 14.2 Å². The van der Waals surface area contributed by atoms with Gasteiger partial charge in [0.1, 0.15) is 0 Å². The maximum Gasteiger partial charge on any atom is 0.223 e. The third-order valence-electron chi connectivity index (χ3n) is 6.48. The Balaban J connectivity index is 1.33. The Kier molecular flexibility index (Phi) is 8.42. The first-order valence-electron chi connectivity index (χ1n) is 12.9. The number of nitrogens with zero attached hydrogens (tertiary/aromatic N) is 5. The molecule has 2 amide bonds. The Hall–Kier alpha value is -3.07. The van der Waals surface area contributed by atoms with Crippen LogP contribution in [0.1, 0.15) is 52.5 Å². The number of furan rings is 1. The summed E-state index contributed by atoms with van der Waals surface area (Å²) in [6.45, 7) is 12.1. The summed E-state index contributed by atoms with van der Waals surface area (Å²) in [4.78, 5) is 29.4. The molecule has 3 heterocycles. The molecule has 4 rings (SSSR count). The molecule has 8 nitrogen and oxygen atoms in total. The smallest absolute Gasteiger partial charge is 0.223 e. The van der Waals surface area contributed by atoms with Gasteiger partial charge in [-0.05, 0) is 49.4 Å². The highest BCUT2D eigenvalue weighted by Gasteiger charge is 2.31. The number of carbonyl (C=O) groups excluding carboxylic acids is 2. The normalized spacial score (nSPS) is 16.3. The minimum atomic E-state index is -0.0381. The first-order valence-corrected chi connectivity index (χ1v) is 13.9. The molecule has 3 aromatic rings. The molecule has 0 bridgehead atoms. The van der Waals surface area contributed by atoms with Crippen LogP contribution in [0.4, 0.5) is 0 Å². The van der Waals surface area contributed by atoms with Gasteiger partial charge >= 0.3 is 0 Å². The van der Waals surface area contributed by atoms with Crippen molar-refractivity contribution in [2.45, 2.75) is 65.1 Å². The van der Waals surface area contributed by atoms with E-state index in [-0.39, 0.29) is 23.3 Å². The number of aromatic nitrogens is 3. The zero-order valence-electron chi connectivity index (χ0n) is 22.4. The van der Waals surface area contributed by atoms with Crippen molar-refractivity contribution < 1.29 is 14.0 Å². The van der Waals surface area contributed by atoms with Gasteiger partial charge in [0.25, 0.3) is 0 Å². The van der Waals surface area contributed by atoms with E-state index in [0.29, 0.717) is 44.1 Å². The van der Waals surface area contributed by atoms with E-state index < -0.39 is 0 Å². The van der Waals surface area contributed by atoms with Gasteiger partial charge in [0, 0.05) is 44.3 Å². The number of hydrogen-bond donors (Lipinski definition) is 0. The molecule has 198 valence electrons. The lowest BCUT2D eigenvalue weighted by Gasteiger charge is -2.41. The molecule has 0 spiro atoms. The van der Waals surface area contributed by atoms with Crippen molar-refractivity contribution in [3.63, 3.8) is 0 Å². The summed E-state index contributed by atoms with van der Waals surface area (Å²) in [5.74, 6) is 2.38. The van der Waals surface area contributed by atoms with Gasteiger partial charge in [-0.1, -0.05) is 50.7 Å². The zero-order valence-corrected chi connectivity index (χ0v) is 23.3. The Morgan fingerprint density at radius 2 is 1.86 bits per heavy atom. The standard InChI is InChI=1S/C28H37N5O3S/c1-20-10-6-7-11-22(20)33-26(23-12-8-16-36-23)29-30-27(33)37-17-9-13-24(34)31-14-15-32(21(2)19-31)25(35)18-28(3,4)5/h6-8,10-12,16,21H,9,13-15,17-19H2,1-5H3. The van der Waals surface area contributed by atoms with Crippen LogP contribution >= 0.6 is 11.8 Å². The van der Waals surface area contributed by atoms with Crippen molar-refractivity contribution in [1.29, 1.82) is 0 Å². The lowest BCUT2D eigenvalue weighted by Crippen LogP contribution is -2.55. The fourth-order valence-electron chi connectivity index (χ4n) is 4.62. The second kappa shape index (κ2) is 11.5. The number of amides is 2. The molecule has 1 unspecified atom stereocenters. The monoisotopic (exact) mass is 523 g/mol. The summed E-state index contributed by atoms with van der Waals surface area (Å²) in [6.07, 6.45) is 3.36. The topological polar surface area (TPSA) is 84.5 Å². The van der Waals surface area contributed by atoms with Crippen LogP contribution in [-0.4, -0.2) is 67.8 Å². The largest absolute Gasteiger partial charge is 0.461 e. The Morgan fingerprint density at radius 1 is 1.08 bits per heavy atom. The molecule has 1 aliphatic rings. The van der Waals surface area contributed by atoms with E-state index in [1.54, 1.807) is 18.0 Å². The van der Waals surface area contributed by atoms with Crippen LogP contribution in [0.3, 0.4) is 0 Å². The Bertz CT molecular complexity index is 1210. The number of aryl methyl sites for hydroxylation is 1. The van der Waals surface area contributed by atoms with E-state index in [2.05, 4.69) is 44.0 Å². The molecule has 1 fully saturated rings. The van der Waals surface area contributed by atoms with Gasteiger partial charge in [0.2, 0.25) is 17.6 Å². The Labute approximate surface area is 223 Å². The molecular weight excluding hydrogens is 486 g/mol. The molecule has 9 heteroatoms. The second-order valence-corrected chi connectivity index (χ2v) is 11.9. The first-order chi connectivity index (χ1) is 17.6. The summed E-state index contributed by atoms with van der Waals surface area (Å²) in [5.41, 5.74) is 2.08. The number of benzene rings is 1. The van der Waals surface area contributed by atoms with Gasteiger partial charge < -0.3 is 14.2 Å². The highest BCUT2D eigenvalue weighted by Crippen LogP contribution is 2.30. The number of rotatable bonds is 8. The number of piperazine rings is 1. The fraction of sp³-hybridized carbons (Fsp3) is 0.500. The second-order valence-electron chi connectivity index (χ2n) is 10.9. The highest BCUT2D eigenvalue weighted by molar-refractivity contribution is 7.99. The molecule has 1 atom stereocenters. The maximum absolute atomic E-state index is 12.9. The summed E-state index contributed by atoms with van der Waals surface area (Å²) < 4.78 is 7.63. The van der Waals surface area contributed by atoms with E-state index in [4.69, 9.17) is 4.42 Å². The molecule has 37 heavy (non-hydrogen) atoms. The van der Waals surface area contributed by atoms with Crippen LogP contribution in [0.15, 0.2) is 52.2 Å². The van der Waals surface area contributed by atoms with Crippen molar-refractivity contribution in [2.75, 3.05) is 25.4 Å². The lowest BCUT2D eigenvalue weighted by molar-refractivity contribution is -0.143. The summed E-state index contributed by atoms with van der Waals surface area (Å²) >= 11 is 1.59. The lowest BCUT2D eigenvalue weighted by atomic mass is 9.91. The van der Waals surface area contributed by atoms with Crippen molar-refractivity contribution in [3.8, 4) is 17.3 Å². The molecule has 1 aromatic carbocycles. The molecular formula is C28H37N5O3S. The van der Waals surface area contributed by atoms with Crippen molar-refractivity contribution >= 4 is 23.6 Å². The van der Waals surface area contributed by atoms with Crippen molar-refractivity contribution in [1.82, 2.24) is 24.6 Å². The van der Waals surface area contributed by atoms with Gasteiger partial charge in [0.05, 0.1) is 12.0 Å². The van der Waals surface area contributed by atoms with Gasteiger partial charge in [-0.15, -0.1) is 10.2 Å². The fourth-order valence-corrected chi connectivity index (χ4v) is 5.50. The maximum atomic E-state index is 12.9. The molecule has 2 aromatic heterocycles. The third-order valence-corrected chi connectivity index (χ3v) is 7.49. The van der Waals surface area contributed by atoms with Crippen LogP contribution in [0.2, 0.25) is 0 Å². The van der Waals surface area contributed by atoms with E-state index in [1.165, 1.54) is 0 Å². The summed E-state index contributed by atoms with van der Waals surface area (Å²) in [7, 11) is 0. The summed E-state index contributed by atoms with van der Waals surface area (Å²) in [6, 6.07) is 11.9. The van der Waals surface area contributed by atoms with E-state index in [0.717, 1.165) is 28.6 Å². The molecule has 0 radical (unpaired) electrons. The quantitative estimate of drug-likeness (QED) is 0.298. The zero-order chi connectivity index (χ0) is 26.6. The SMILES string of the molecule is Cc1ccccc1-n1c(SCCCC(=O)N2CCN(C(=O)CC(C)(C)C)C(C)C2)nnc1-c1ccco1. The van der Waals surface area contributed by atoms with Crippen molar-refractivity contribution in [3.05, 3.63) is 48.2 Å². The van der Waals surface area contributed by atoms with Crippen LogP contribution in [-0.2, 0) is 9.59 Å². The number of thioether (sulfide) groups is 1. The van der Waals surface area contributed by atoms with Crippen LogP contribution < -0.4 is 0 Å². The van der Waals surface area contributed by atoms with Crippen molar-refractivity contribution in [2.24, 2.45) is 5.41 Å². The summed E-state index contributed by atoms with van der Waals surface area (Å²) in [5, 5.41) is 9.62. The molecule has 0 N–H and O–H groups in total. The van der Waals surface area contributed by atoms with E-state index in [9.17, 15) is 9.59 Å². The van der Waals surface area contributed by atoms with E-state index in [1.807, 2.05) is 51.6 Å².